The number of rotatable bonds is 5. The zero-order valence-corrected chi connectivity index (χ0v) is 14.2. The maximum atomic E-state index is 12.3. The van der Waals surface area contributed by atoms with E-state index in [-0.39, 0.29) is 17.8 Å². The van der Waals surface area contributed by atoms with Gasteiger partial charge in [0.1, 0.15) is 12.6 Å². The number of carbonyl (C=O) groups is 4. The van der Waals surface area contributed by atoms with Crippen LogP contribution in [0, 0.1) is 11.3 Å². The number of hydrogen-bond donors (Lipinski definition) is 1. The fourth-order valence-electron chi connectivity index (χ4n) is 2.41. The molecule has 1 saturated heterocycles. The number of nitriles is 1. The van der Waals surface area contributed by atoms with Crippen LogP contribution in [0.15, 0.2) is 41.8 Å². The largest absolute Gasteiger partial charge is 0.335 e. The molecule has 1 aliphatic rings. The van der Waals surface area contributed by atoms with Gasteiger partial charge in [0.15, 0.2) is 0 Å². The van der Waals surface area contributed by atoms with Crippen LogP contribution in [0.5, 0.6) is 0 Å². The maximum Gasteiger partial charge on any atom is 0.335 e. The van der Waals surface area contributed by atoms with Gasteiger partial charge in [-0.05, 0) is 23.6 Å². The number of anilines is 1. The van der Waals surface area contributed by atoms with Gasteiger partial charge in [0.2, 0.25) is 5.91 Å². The third kappa shape index (κ3) is 3.31. The quantitative estimate of drug-likeness (QED) is 0.636. The van der Waals surface area contributed by atoms with Gasteiger partial charge in [0.25, 0.3) is 0 Å². The molecule has 2 heterocycles. The van der Waals surface area contributed by atoms with Crippen molar-refractivity contribution in [2.45, 2.75) is 6.54 Å². The van der Waals surface area contributed by atoms with Crippen molar-refractivity contribution in [3.63, 3.8) is 0 Å². The third-order valence-electron chi connectivity index (χ3n) is 3.65. The topological polar surface area (TPSA) is 111 Å². The molecule has 1 fully saturated rings. The summed E-state index contributed by atoms with van der Waals surface area (Å²) < 4.78 is 0. The molecule has 8 nitrogen and oxygen atoms in total. The Morgan fingerprint density at radius 3 is 2.50 bits per heavy atom. The molecule has 0 aliphatic carbocycles. The van der Waals surface area contributed by atoms with Crippen molar-refractivity contribution in [1.29, 1.82) is 5.26 Å². The molecule has 1 N–H and O–H groups in total. The van der Waals surface area contributed by atoms with Crippen LogP contribution in [0.2, 0.25) is 0 Å². The molecule has 0 radical (unpaired) electrons. The predicted molar refractivity (Wildman–Crippen MR) is 91.8 cm³/mol. The zero-order valence-electron chi connectivity index (χ0n) is 13.3. The van der Waals surface area contributed by atoms with Crippen LogP contribution in [0.1, 0.15) is 10.4 Å². The summed E-state index contributed by atoms with van der Waals surface area (Å²) in [5.41, 5.74) is 0.510. The summed E-state index contributed by atoms with van der Waals surface area (Å²) in [5, 5.41) is 13.3. The van der Waals surface area contributed by atoms with Crippen molar-refractivity contribution < 1.29 is 19.2 Å². The second-order valence-corrected chi connectivity index (χ2v) is 6.38. The number of urea groups is 1. The smallest absolute Gasteiger partial charge is 0.323 e. The fraction of sp³-hybridized carbons (Fsp3) is 0.118. The van der Waals surface area contributed by atoms with Gasteiger partial charge in [0, 0.05) is 4.88 Å². The first-order valence-corrected chi connectivity index (χ1v) is 8.38. The summed E-state index contributed by atoms with van der Waals surface area (Å²) >= 11 is 1.35. The monoisotopic (exact) mass is 368 g/mol. The van der Waals surface area contributed by atoms with Crippen LogP contribution in [0.25, 0.3) is 0 Å². The zero-order chi connectivity index (χ0) is 18.7. The second kappa shape index (κ2) is 7.16. The number of para-hydroxylation sites is 1. The van der Waals surface area contributed by atoms with Gasteiger partial charge in [0.05, 0.1) is 17.8 Å². The van der Waals surface area contributed by atoms with E-state index in [9.17, 15) is 19.2 Å². The predicted octanol–water partition coefficient (Wildman–Crippen LogP) is 1.55. The van der Waals surface area contributed by atoms with Crippen LogP contribution < -0.4 is 5.32 Å². The minimum atomic E-state index is -1.05. The van der Waals surface area contributed by atoms with Crippen LogP contribution in [0.4, 0.5) is 10.5 Å². The molecule has 0 unspecified atom stereocenters. The van der Waals surface area contributed by atoms with Gasteiger partial charge in [-0.1, -0.05) is 18.2 Å². The highest BCUT2D eigenvalue weighted by molar-refractivity contribution is 7.09. The molecule has 0 bridgehead atoms. The lowest BCUT2D eigenvalue weighted by Crippen LogP contribution is -2.38. The number of thiophene rings is 1. The lowest BCUT2D eigenvalue weighted by molar-refractivity contribution is -0.143. The first-order valence-electron chi connectivity index (χ1n) is 7.50. The summed E-state index contributed by atoms with van der Waals surface area (Å²) in [4.78, 5) is 50.7. The third-order valence-corrected chi connectivity index (χ3v) is 4.51. The van der Waals surface area contributed by atoms with Gasteiger partial charge < -0.3 is 5.32 Å². The Morgan fingerprint density at radius 1 is 1.08 bits per heavy atom. The highest BCUT2D eigenvalue weighted by Gasteiger charge is 2.45. The van der Waals surface area contributed by atoms with Gasteiger partial charge in [-0.3, -0.25) is 19.3 Å². The summed E-state index contributed by atoms with van der Waals surface area (Å²) in [6.45, 7) is -0.624. The molecule has 1 aliphatic heterocycles. The number of hydrogen-bond acceptors (Lipinski definition) is 6. The van der Waals surface area contributed by atoms with E-state index in [4.69, 9.17) is 5.26 Å². The van der Waals surface area contributed by atoms with Crippen LogP contribution >= 0.6 is 11.3 Å². The number of nitrogens with one attached hydrogen (secondary N) is 1. The van der Waals surface area contributed by atoms with Crippen LogP contribution in [-0.2, 0) is 20.9 Å². The Balaban J connectivity index is 1.70. The summed E-state index contributed by atoms with van der Waals surface area (Å²) in [7, 11) is 0. The average Bonchev–Trinajstić information content (AvgIpc) is 3.21. The van der Waals surface area contributed by atoms with Gasteiger partial charge in [-0.25, -0.2) is 9.69 Å². The molecule has 0 spiro atoms. The second-order valence-electron chi connectivity index (χ2n) is 5.35. The van der Waals surface area contributed by atoms with Crippen molar-refractivity contribution >= 4 is 40.8 Å². The minimum absolute atomic E-state index is 0.0174. The summed E-state index contributed by atoms with van der Waals surface area (Å²) in [6.07, 6.45) is 0. The highest BCUT2D eigenvalue weighted by atomic mass is 32.1. The van der Waals surface area contributed by atoms with Gasteiger partial charge in [-0.15, -0.1) is 11.3 Å². The lowest BCUT2D eigenvalue weighted by Gasteiger charge is -2.15. The fourth-order valence-corrected chi connectivity index (χ4v) is 3.10. The molecule has 1 aromatic heterocycles. The van der Waals surface area contributed by atoms with Crippen LogP contribution in [-0.4, -0.2) is 40.1 Å². The lowest BCUT2D eigenvalue weighted by atomic mass is 10.2. The van der Waals surface area contributed by atoms with E-state index >= 15 is 0 Å². The van der Waals surface area contributed by atoms with E-state index in [0.29, 0.717) is 4.90 Å². The van der Waals surface area contributed by atoms with E-state index in [1.807, 2.05) is 6.07 Å². The molecule has 9 heteroatoms. The molecular formula is C17H12N4O4S. The number of nitrogens with zero attached hydrogens (tertiary/aromatic N) is 3. The normalized spacial score (nSPS) is 13.9. The first kappa shape index (κ1) is 17.3. The van der Waals surface area contributed by atoms with E-state index < -0.39 is 30.3 Å². The first-order chi connectivity index (χ1) is 12.5. The van der Waals surface area contributed by atoms with E-state index in [1.165, 1.54) is 23.5 Å². The van der Waals surface area contributed by atoms with Crippen molar-refractivity contribution in [1.82, 2.24) is 9.80 Å². The number of amides is 5. The SMILES string of the molecule is N#Cc1ccccc1NC(=O)CN1C(=O)C(=O)N(Cc2cccs2)C1=O. The Labute approximate surface area is 152 Å². The molecule has 0 atom stereocenters. The number of benzene rings is 1. The summed E-state index contributed by atoms with van der Waals surface area (Å²) in [5.74, 6) is -2.69. The summed E-state index contributed by atoms with van der Waals surface area (Å²) in [6, 6.07) is 10.9. The molecule has 0 saturated carbocycles. The Morgan fingerprint density at radius 2 is 1.81 bits per heavy atom. The van der Waals surface area contributed by atoms with E-state index in [1.54, 1.807) is 29.6 Å². The highest BCUT2D eigenvalue weighted by Crippen LogP contribution is 2.19. The number of carbonyl (C=O) groups excluding carboxylic acids is 4. The molecule has 130 valence electrons. The Kier molecular flexibility index (Phi) is 4.77. The van der Waals surface area contributed by atoms with Crippen molar-refractivity contribution in [2.24, 2.45) is 0 Å². The van der Waals surface area contributed by atoms with Crippen molar-refractivity contribution in [2.75, 3.05) is 11.9 Å². The standard InChI is InChI=1S/C17H12N4O4S/c18-8-11-4-1-2-6-13(11)19-14(22)10-21-16(24)15(23)20(17(21)25)9-12-5-3-7-26-12/h1-7H,9-10H2,(H,19,22). The molecule has 5 amide bonds. The molecule has 1 aromatic carbocycles. The van der Waals surface area contributed by atoms with Crippen molar-refractivity contribution in [3.05, 3.63) is 52.2 Å². The minimum Gasteiger partial charge on any atom is -0.323 e. The van der Waals surface area contributed by atoms with Gasteiger partial charge >= 0.3 is 17.8 Å². The Bertz CT molecular complexity index is 932. The van der Waals surface area contributed by atoms with E-state index in [0.717, 1.165) is 9.78 Å². The van der Waals surface area contributed by atoms with Crippen LogP contribution in [0.3, 0.4) is 0 Å². The van der Waals surface area contributed by atoms with Crippen molar-refractivity contribution in [3.8, 4) is 6.07 Å². The maximum absolute atomic E-state index is 12.3. The molecule has 2 aromatic rings. The van der Waals surface area contributed by atoms with Gasteiger partial charge in [-0.2, -0.15) is 5.26 Å². The molecule has 26 heavy (non-hydrogen) atoms. The van der Waals surface area contributed by atoms with E-state index in [2.05, 4.69) is 5.32 Å². The average molecular weight is 368 g/mol. The molecule has 3 rings (SSSR count). The number of imide groups is 2. The Hall–Kier alpha value is -3.51. The molecular weight excluding hydrogens is 356 g/mol.